The number of fused-ring (bicyclic) bond motifs is 6. The van der Waals surface area contributed by atoms with Gasteiger partial charge in [0.25, 0.3) is 0 Å². The van der Waals surface area contributed by atoms with Crippen molar-refractivity contribution in [1.82, 2.24) is 14.1 Å². The molecule has 0 saturated carbocycles. The van der Waals surface area contributed by atoms with Crippen LogP contribution in [0, 0.1) is 0 Å². The van der Waals surface area contributed by atoms with Crippen LogP contribution in [0.25, 0.3) is 111 Å². The van der Waals surface area contributed by atoms with Gasteiger partial charge in [0.05, 0.1) is 27.8 Å². The van der Waals surface area contributed by atoms with Crippen LogP contribution in [-0.4, -0.2) is 14.1 Å². The Hall–Kier alpha value is -8.27. The molecule has 0 N–H and O–H groups in total. The Bertz CT molecular complexity index is 3630. The maximum atomic E-state index is 5.15. The SMILES string of the molecule is c1ccc(-c2cccc(-n3c4ccccc4c4cc(-c5cccc(-c6cccc(-c7cccc(-c8ccc9c(c8)c8ccccc8n9-c8ccccc8)c7)c6)c5)ccc43)n2)cc1. The predicted octanol–water partition coefficient (Wildman–Crippen LogP) is 15.6. The Labute approximate surface area is 360 Å². The molecule has 3 heterocycles. The summed E-state index contributed by atoms with van der Waals surface area (Å²) in [5.41, 5.74) is 17.5. The number of para-hydroxylation sites is 3. The maximum Gasteiger partial charge on any atom is 0.138 e. The van der Waals surface area contributed by atoms with Crippen molar-refractivity contribution in [2.24, 2.45) is 0 Å². The first-order valence-electron chi connectivity index (χ1n) is 21.2. The number of rotatable bonds is 7. The molecule has 0 aliphatic rings. The fourth-order valence-corrected chi connectivity index (χ4v) is 9.36. The van der Waals surface area contributed by atoms with E-state index < -0.39 is 0 Å². The van der Waals surface area contributed by atoms with Gasteiger partial charge in [-0.2, -0.15) is 0 Å². The number of hydrogen-bond acceptors (Lipinski definition) is 1. The Morgan fingerprint density at radius 3 is 1.16 bits per heavy atom. The summed E-state index contributed by atoms with van der Waals surface area (Å²) in [6.07, 6.45) is 0. The van der Waals surface area contributed by atoms with Crippen molar-refractivity contribution in [3.8, 4) is 67.3 Å². The standard InChI is InChI=1S/C59H39N3/c1-3-15-40(16-4-1)54-27-14-30-59(60-54)62-56-29-10-8-26-51(56)53-39-48(32-34-58(53)62)46-22-13-20-44(37-46)42-18-11-17-41(35-42)43-19-12-21-45(36-43)47-31-33-57-52(38-47)50-25-7-9-28-55(50)61(57)49-23-5-2-6-24-49/h1-39H. The van der Waals surface area contributed by atoms with Crippen molar-refractivity contribution in [1.29, 1.82) is 0 Å². The van der Waals surface area contributed by atoms with Crippen LogP contribution < -0.4 is 0 Å². The highest BCUT2D eigenvalue weighted by atomic mass is 15.1. The lowest BCUT2D eigenvalue weighted by Crippen LogP contribution is -1.98. The van der Waals surface area contributed by atoms with E-state index in [-0.39, 0.29) is 0 Å². The van der Waals surface area contributed by atoms with Crippen molar-refractivity contribution in [3.63, 3.8) is 0 Å². The molecule has 0 fully saturated rings. The Morgan fingerprint density at radius 2 is 0.629 bits per heavy atom. The molecule has 12 aromatic rings. The van der Waals surface area contributed by atoms with E-state index >= 15 is 0 Å². The lowest BCUT2D eigenvalue weighted by molar-refractivity contribution is 1.08. The molecule has 9 aromatic carbocycles. The van der Waals surface area contributed by atoms with Crippen LogP contribution in [0.1, 0.15) is 0 Å². The molecule has 0 bridgehead atoms. The molecule has 3 aromatic heterocycles. The molecular weight excluding hydrogens is 751 g/mol. The second kappa shape index (κ2) is 14.8. The Kier molecular flexibility index (Phi) is 8.50. The van der Waals surface area contributed by atoms with Gasteiger partial charge in [-0.15, -0.1) is 0 Å². The molecule has 0 aliphatic carbocycles. The quantitative estimate of drug-likeness (QED) is 0.158. The van der Waals surface area contributed by atoms with Crippen molar-refractivity contribution < 1.29 is 0 Å². The van der Waals surface area contributed by atoms with Gasteiger partial charge in [0.1, 0.15) is 5.82 Å². The first-order chi connectivity index (χ1) is 30.7. The minimum absolute atomic E-state index is 0.908. The number of aromatic nitrogens is 3. The van der Waals surface area contributed by atoms with E-state index in [1.54, 1.807) is 0 Å². The predicted molar refractivity (Wildman–Crippen MR) is 260 cm³/mol. The lowest BCUT2D eigenvalue weighted by Gasteiger charge is -2.11. The van der Waals surface area contributed by atoms with E-state index in [1.165, 1.54) is 82.8 Å². The minimum atomic E-state index is 0.908. The molecule has 0 aliphatic heterocycles. The van der Waals surface area contributed by atoms with Crippen LogP contribution in [0.2, 0.25) is 0 Å². The summed E-state index contributed by atoms with van der Waals surface area (Å²) in [6, 6.07) is 85.2. The molecule has 0 saturated heterocycles. The molecule has 290 valence electrons. The zero-order valence-corrected chi connectivity index (χ0v) is 33.9. The lowest BCUT2D eigenvalue weighted by atomic mass is 9.94. The second-order valence-corrected chi connectivity index (χ2v) is 16.0. The second-order valence-electron chi connectivity index (χ2n) is 16.0. The van der Waals surface area contributed by atoms with Crippen LogP contribution in [0.5, 0.6) is 0 Å². The van der Waals surface area contributed by atoms with Crippen molar-refractivity contribution in [2.75, 3.05) is 0 Å². The van der Waals surface area contributed by atoms with Gasteiger partial charge in [0.2, 0.25) is 0 Å². The van der Waals surface area contributed by atoms with Crippen LogP contribution >= 0.6 is 0 Å². The van der Waals surface area contributed by atoms with Crippen LogP contribution in [0.15, 0.2) is 237 Å². The van der Waals surface area contributed by atoms with E-state index in [2.05, 4.69) is 240 Å². The van der Waals surface area contributed by atoms with E-state index in [0.29, 0.717) is 0 Å². The molecular formula is C59H39N3. The fraction of sp³-hybridized carbons (Fsp3) is 0. The normalized spacial score (nSPS) is 11.5. The Morgan fingerprint density at radius 1 is 0.242 bits per heavy atom. The average Bonchev–Trinajstić information content (AvgIpc) is 3.87. The van der Waals surface area contributed by atoms with Crippen LogP contribution in [0.4, 0.5) is 0 Å². The third-order valence-electron chi connectivity index (χ3n) is 12.3. The van der Waals surface area contributed by atoms with E-state index in [9.17, 15) is 0 Å². The minimum Gasteiger partial charge on any atom is -0.309 e. The van der Waals surface area contributed by atoms with Crippen molar-refractivity contribution in [3.05, 3.63) is 237 Å². The topological polar surface area (TPSA) is 22.8 Å². The summed E-state index contributed by atoms with van der Waals surface area (Å²) in [5.74, 6) is 0.908. The highest BCUT2D eigenvalue weighted by Gasteiger charge is 2.16. The summed E-state index contributed by atoms with van der Waals surface area (Å²) in [6.45, 7) is 0. The summed E-state index contributed by atoms with van der Waals surface area (Å²) < 4.78 is 4.66. The smallest absolute Gasteiger partial charge is 0.138 e. The fourth-order valence-electron chi connectivity index (χ4n) is 9.36. The first-order valence-corrected chi connectivity index (χ1v) is 21.2. The van der Waals surface area contributed by atoms with Gasteiger partial charge in [-0.25, -0.2) is 4.98 Å². The molecule has 0 spiro atoms. The molecule has 3 heteroatoms. The number of pyridine rings is 1. The van der Waals surface area contributed by atoms with Gasteiger partial charge in [-0.3, -0.25) is 4.57 Å². The van der Waals surface area contributed by atoms with Gasteiger partial charge in [0.15, 0.2) is 0 Å². The van der Waals surface area contributed by atoms with Gasteiger partial charge >= 0.3 is 0 Å². The molecule has 0 radical (unpaired) electrons. The molecule has 62 heavy (non-hydrogen) atoms. The van der Waals surface area contributed by atoms with Crippen LogP contribution in [-0.2, 0) is 0 Å². The molecule has 0 unspecified atom stereocenters. The summed E-state index contributed by atoms with van der Waals surface area (Å²) in [4.78, 5) is 5.15. The first kappa shape index (κ1) is 35.7. The third-order valence-corrected chi connectivity index (χ3v) is 12.3. The molecule has 3 nitrogen and oxygen atoms in total. The molecule has 12 rings (SSSR count). The summed E-state index contributed by atoms with van der Waals surface area (Å²) in [5, 5.41) is 4.93. The van der Waals surface area contributed by atoms with Gasteiger partial charge < -0.3 is 4.57 Å². The molecule has 0 atom stereocenters. The zero-order chi connectivity index (χ0) is 41.0. The van der Waals surface area contributed by atoms with Gasteiger partial charge in [-0.1, -0.05) is 158 Å². The number of hydrogen-bond donors (Lipinski definition) is 0. The monoisotopic (exact) mass is 789 g/mol. The zero-order valence-electron chi connectivity index (χ0n) is 33.9. The maximum absolute atomic E-state index is 5.15. The summed E-state index contributed by atoms with van der Waals surface area (Å²) in [7, 11) is 0. The van der Waals surface area contributed by atoms with E-state index in [4.69, 9.17) is 4.98 Å². The number of nitrogens with zero attached hydrogens (tertiary/aromatic N) is 3. The van der Waals surface area contributed by atoms with Gasteiger partial charge in [-0.05, 0) is 123 Å². The third kappa shape index (κ3) is 6.10. The van der Waals surface area contributed by atoms with E-state index in [0.717, 1.165) is 28.1 Å². The molecule has 0 amide bonds. The van der Waals surface area contributed by atoms with Gasteiger partial charge in [0, 0.05) is 32.8 Å². The van der Waals surface area contributed by atoms with E-state index in [1.807, 2.05) is 6.07 Å². The van der Waals surface area contributed by atoms with Crippen LogP contribution in [0.3, 0.4) is 0 Å². The highest BCUT2D eigenvalue weighted by molar-refractivity contribution is 6.11. The summed E-state index contributed by atoms with van der Waals surface area (Å²) >= 11 is 0. The highest BCUT2D eigenvalue weighted by Crippen LogP contribution is 2.38. The Balaban J connectivity index is 0.882. The van der Waals surface area contributed by atoms with Crippen molar-refractivity contribution in [2.45, 2.75) is 0 Å². The largest absolute Gasteiger partial charge is 0.309 e. The number of benzene rings is 9. The average molecular weight is 790 g/mol. The van der Waals surface area contributed by atoms with Crippen molar-refractivity contribution >= 4 is 43.6 Å².